The second-order valence-corrected chi connectivity index (χ2v) is 5.72. The van der Waals surface area contributed by atoms with Crippen molar-refractivity contribution < 1.29 is 9.84 Å². The molecule has 0 spiro atoms. The summed E-state index contributed by atoms with van der Waals surface area (Å²) >= 11 is 1.67. The van der Waals surface area contributed by atoms with Crippen LogP contribution in [0.15, 0.2) is 41.8 Å². The van der Waals surface area contributed by atoms with Crippen LogP contribution in [0.4, 0.5) is 0 Å². The lowest BCUT2D eigenvalue weighted by atomic mass is 10.1. The summed E-state index contributed by atoms with van der Waals surface area (Å²) < 4.78 is 6.07. The molecule has 3 nitrogen and oxygen atoms in total. The molecular formula is C16H21NO2S. The first kappa shape index (κ1) is 15.0. The summed E-state index contributed by atoms with van der Waals surface area (Å²) in [5, 5.41) is 11.0. The summed E-state index contributed by atoms with van der Waals surface area (Å²) in [6.45, 7) is 2.23. The van der Waals surface area contributed by atoms with E-state index in [1.165, 1.54) is 0 Å². The number of benzene rings is 1. The molecule has 2 atom stereocenters. The summed E-state index contributed by atoms with van der Waals surface area (Å²) in [6, 6.07) is 11.9. The van der Waals surface area contributed by atoms with Crippen LogP contribution >= 0.6 is 11.3 Å². The van der Waals surface area contributed by atoms with Gasteiger partial charge >= 0.3 is 0 Å². The van der Waals surface area contributed by atoms with Crippen molar-refractivity contribution >= 4 is 11.3 Å². The zero-order chi connectivity index (χ0) is 14.4. The Hall–Kier alpha value is -1.36. The van der Waals surface area contributed by atoms with Crippen LogP contribution in [0.5, 0.6) is 5.75 Å². The van der Waals surface area contributed by atoms with Crippen molar-refractivity contribution in [3.05, 3.63) is 52.2 Å². The van der Waals surface area contributed by atoms with E-state index < -0.39 is 0 Å². The molecule has 1 heterocycles. The highest BCUT2D eigenvalue weighted by atomic mass is 32.1. The Morgan fingerprint density at radius 1 is 1.25 bits per heavy atom. The predicted octanol–water partition coefficient (Wildman–Crippen LogP) is 3.14. The molecule has 0 fully saturated rings. The third-order valence-electron chi connectivity index (χ3n) is 3.27. The average Bonchev–Trinajstić information content (AvgIpc) is 3.00. The van der Waals surface area contributed by atoms with Gasteiger partial charge in [0, 0.05) is 17.5 Å². The molecule has 4 heteroatoms. The maximum Gasteiger partial charge on any atom is 0.148 e. The molecule has 20 heavy (non-hydrogen) atoms. The minimum atomic E-state index is -0.108. The lowest BCUT2D eigenvalue weighted by molar-refractivity contribution is 0.174. The summed E-state index contributed by atoms with van der Waals surface area (Å²) in [6.07, 6.45) is 1.43. The number of aliphatic hydroxyl groups is 1. The Morgan fingerprint density at radius 3 is 2.55 bits per heavy atom. The van der Waals surface area contributed by atoms with Crippen LogP contribution in [0.25, 0.3) is 0 Å². The molecule has 2 rings (SSSR count). The summed E-state index contributed by atoms with van der Waals surface area (Å²) in [7, 11) is 0. The van der Waals surface area contributed by atoms with E-state index in [0.29, 0.717) is 6.42 Å². The second kappa shape index (κ2) is 7.43. The molecule has 0 aliphatic carbocycles. The van der Waals surface area contributed by atoms with Gasteiger partial charge in [-0.2, -0.15) is 0 Å². The lowest BCUT2D eigenvalue weighted by Crippen LogP contribution is -2.30. The Bertz CT molecular complexity index is 496. The number of hydrogen-bond donors (Lipinski definition) is 2. The molecule has 2 aromatic rings. The minimum Gasteiger partial charge on any atom is -0.483 e. The smallest absolute Gasteiger partial charge is 0.148 e. The molecule has 0 saturated carbocycles. The van der Waals surface area contributed by atoms with Gasteiger partial charge in [0.05, 0.1) is 0 Å². The Kier molecular flexibility index (Phi) is 5.59. The highest BCUT2D eigenvalue weighted by Crippen LogP contribution is 2.28. The van der Waals surface area contributed by atoms with Crippen molar-refractivity contribution in [3.63, 3.8) is 0 Å². The maximum absolute atomic E-state index is 8.92. The van der Waals surface area contributed by atoms with Crippen molar-refractivity contribution in [2.45, 2.75) is 31.9 Å². The molecule has 0 radical (unpaired) electrons. The molecule has 1 aromatic heterocycles. The number of rotatable bonds is 7. The molecule has 0 bridgehead atoms. The topological polar surface area (TPSA) is 55.5 Å². The number of aliphatic hydroxyl groups excluding tert-OH is 1. The molecular weight excluding hydrogens is 270 g/mol. The van der Waals surface area contributed by atoms with E-state index >= 15 is 0 Å². The van der Waals surface area contributed by atoms with Gasteiger partial charge in [0.25, 0.3) is 0 Å². The highest BCUT2D eigenvalue weighted by molar-refractivity contribution is 7.10. The summed E-state index contributed by atoms with van der Waals surface area (Å²) in [5.74, 6) is 0.814. The molecule has 3 N–H and O–H groups in total. The molecule has 0 aliphatic rings. The molecule has 2 unspecified atom stereocenters. The summed E-state index contributed by atoms with van der Waals surface area (Å²) in [5.41, 5.74) is 7.29. The lowest BCUT2D eigenvalue weighted by Gasteiger charge is -2.23. The van der Waals surface area contributed by atoms with Crippen LogP contribution < -0.4 is 10.5 Å². The Labute approximate surface area is 124 Å². The number of nitrogens with two attached hydrogens (primary N) is 1. The average molecular weight is 291 g/mol. The van der Waals surface area contributed by atoms with Gasteiger partial charge < -0.3 is 15.6 Å². The fourth-order valence-corrected chi connectivity index (χ4v) is 2.86. The van der Waals surface area contributed by atoms with Gasteiger partial charge in [-0.1, -0.05) is 25.1 Å². The Balaban J connectivity index is 2.11. The van der Waals surface area contributed by atoms with Gasteiger partial charge in [0.1, 0.15) is 11.9 Å². The first-order valence-corrected chi connectivity index (χ1v) is 7.78. The van der Waals surface area contributed by atoms with Crippen molar-refractivity contribution in [1.82, 2.24) is 0 Å². The maximum atomic E-state index is 8.92. The van der Waals surface area contributed by atoms with E-state index in [1.807, 2.05) is 35.7 Å². The van der Waals surface area contributed by atoms with Gasteiger partial charge in [-0.05, 0) is 42.0 Å². The third kappa shape index (κ3) is 3.82. The van der Waals surface area contributed by atoms with E-state index in [0.717, 1.165) is 22.6 Å². The molecule has 108 valence electrons. The molecule has 0 saturated heterocycles. The molecule has 0 aliphatic heterocycles. The minimum absolute atomic E-state index is 0.0224. The number of ether oxygens (including phenoxy) is 1. The predicted molar refractivity (Wildman–Crippen MR) is 83.2 cm³/mol. The van der Waals surface area contributed by atoms with E-state index in [4.69, 9.17) is 15.6 Å². The first-order chi connectivity index (χ1) is 9.74. The monoisotopic (exact) mass is 291 g/mol. The fourth-order valence-electron chi connectivity index (χ4n) is 2.03. The van der Waals surface area contributed by atoms with Gasteiger partial charge in [-0.25, -0.2) is 0 Å². The van der Waals surface area contributed by atoms with E-state index in [2.05, 4.69) is 13.0 Å². The van der Waals surface area contributed by atoms with Crippen molar-refractivity contribution in [2.75, 3.05) is 6.61 Å². The van der Waals surface area contributed by atoms with Gasteiger partial charge in [0.15, 0.2) is 0 Å². The van der Waals surface area contributed by atoms with Gasteiger partial charge in [-0.15, -0.1) is 11.3 Å². The first-order valence-electron chi connectivity index (χ1n) is 6.90. The summed E-state index contributed by atoms with van der Waals surface area (Å²) in [4.78, 5) is 1.15. The van der Waals surface area contributed by atoms with Crippen LogP contribution in [0, 0.1) is 0 Å². The van der Waals surface area contributed by atoms with Crippen LogP contribution in [0.3, 0.4) is 0 Å². The Morgan fingerprint density at radius 2 is 2.00 bits per heavy atom. The SMILES string of the molecule is CCC(N)C(Oc1ccc(CCO)cc1)c1cccs1. The van der Waals surface area contributed by atoms with Crippen molar-refractivity contribution in [1.29, 1.82) is 0 Å². The second-order valence-electron chi connectivity index (χ2n) is 4.74. The third-order valence-corrected chi connectivity index (χ3v) is 4.20. The number of thiophene rings is 1. The largest absolute Gasteiger partial charge is 0.483 e. The van der Waals surface area contributed by atoms with Crippen LogP contribution in [0.1, 0.15) is 29.9 Å². The van der Waals surface area contributed by atoms with E-state index in [9.17, 15) is 0 Å². The van der Waals surface area contributed by atoms with Gasteiger partial charge in [-0.3, -0.25) is 0 Å². The number of hydrogen-bond acceptors (Lipinski definition) is 4. The van der Waals surface area contributed by atoms with Crippen LogP contribution in [-0.2, 0) is 6.42 Å². The van der Waals surface area contributed by atoms with E-state index in [1.54, 1.807) is 11.3 Å². The van der Waals surface area contributed by atoms with E-state index in [-0.39, 0.29) is 18.8 Å². The quantitative estimate of drug-likeness (QED) is 0.824. The van der Waals surface area contributed by atoms with Crippen molar-refractivity contribution in [2.24, 2.45) is 5.73 Å². The van der Waals surface area contributed by atoms with Crippen LogP contribution in [0.2, 0.25) is 0 Å². The standard InChI is InChI=1S/C16H21NO2S/c1-2-14(17)16(15-4-3-11-20-15)19-13-7-5-12(6-8-13)9-10-18/h3-8,11,14,16,18H,2,9-10,17H2,1H3. The molecule has 0 amide bonds. The highest BCUT2D eigenvalue weighted by Gasteiger charge is 2.21. The zero-order valence-corrected chi connectivity index (χ0v) is 12.5. The van der Waals surface area contributed by atoms with Gasteiger partial charge in [0.2, 0.25) is 0 Å². The normalized spacial score (nSPS) is 13.9. The van der Waals surface area contributed by atoms with Crippen LogP contribution in [-0.4, -0.2) is 17.8 Å². The zero-order valence-electron chi connectivity index (χ0n) is 11.7. The van der Waals surface area contributed by atoms with Crippen molar-refractivity contribution in [3.8, 4) is 5.75 Å². The fraction of sp³-hybridized carbons (Fsp3) is 0.375. The molecule has 1 aromatic carbocycles.